The van der Waals surface area contributed by atoms with Crippen LogP contribution in [0.15, 0.2) is 33.9 Å². The van der Waals surface area contributed by atoms with E-state index < -0.39 is 20.2 Å². The number of nitrogens with zero attached hydrogens (tertiary/aromatic N) is 3. The van der Waals surface area contributed by atoms with Crippen LogP contribution in [0.4, 0.5) is 19.1 Å². The molecule has 0 aliphatic carbocycles. The number of benzene rings is 1. The van der Waals surface area contributed by atoms with Gasteiger partial charge in [0.15, 0.2) is 0 Å². The van der Waals surface area contributed by atoms with E-state index in [2.05, 4.69) is 26.0 Å². The van der Waals surface area contributed by atoms with Gasteiger partial charge in [0.1, 0.15) is 0 Å². The van der Waals surface area contributed by atoms with Gasteiger partial charge in [0.05, 0.1) is 10.6 Å². The van der Waals surface area contributed by atoms with E-state index in [4.69, 9.17) is 5.73 Å². The van der Waals surface area contributed by atoms with Crippen molar-refractivity contribution < 1.29 is 21.6 Å². The summed E-state index contributed by atoms with van der Waals surface area (Å²) < 4.78 is 60.9. The third-order valence-corrected chi connectivity index (χ3v) is 4.30. The molecule has 2 aromatic rings. The lowest BCUT2D eigenvalue weighted by atomic mass is 10.3. The molecule has 108 valence electrons. The Bertz CT molecular complexity index is 740. The molecular formula is C9H6BrF3N4O2S. The molecule has 6 nitrogen and oxygen atoms in total. The molecule has 0 unspecified atom stereocenters. The number of hydrogen-bond acceptors (Lipinski definition) is 5. The van der Waals surface area contributed by atoms with Gasteiger partial charge in [-0.1, -0.05) is 0 Å². The van der Waals surface area contributed by atoms with Gasteiger partial charge in [-0.3, -0.25) is 0 Å². The Hall–Kier alpha value is -1.62. The number of rotatable bonds is 2. The van der Waals surface area contributed by atoms with Gasteiger partial charge in [0, 0.05) is 0 Å². The summed E-state index contributed by atoms with van der Waals surface area (Å²) in [5.41, 5.74) is 0.322. The van der Waals surface area contributed by atoms with Gasteiger partial charge in [-0.25, -0.2) is 13.1 Å². The molecule has 2 N–H and O–H groups in total. The number of aromatic nitrogens is 3. The first-order chi connectivity index (χ1) is 9.13. The summed E-state index contributed by atoms with van der Waals surface area (Å²) in [5, 5.41) is 3.79. The summed E-state index contributed by atoms with van der Waals surface area (Å²) in [7, 11) is -5.36. The van der Waals surface area contributed by atoms with Gasteiger partial charge in [0.2, 0.25) is 10.7 Å². The maximum absolute atomic E-state index is 12.4. The maximum atomic E-state index is 12.4. The molecule has 0 bridgehead atoms. The minimum atomic E-state index is -5.36. The van der Waals surface area contributed by atoms with Crippen molar-refractivity contribution in [3.63, 3.8) is 0 Å². The number of nitrogens with two attached hydrogens (primary N) is 1. The number of sulfone groups is 1. The highest BCUT2D eigenvalue weighted by molar-refractivity contribution is 9.10. The molecule has 0 atom stereocenters. The minimum absolute atomic E-state index is 0.0381. The summed E-state index contributed by atoms with van der Waals surface area (Å²) in [6, 6.07) is 4.00. The number of anilines is 1. The Labute approximate surface area is 119 Å². The SMILES string of the molecule is Nc1nc(Br)n(-c2ccc(S(=O)(=O)C(F)(F)F)cc2)n1. The van der Waals surface area contributed by atoms with Crippen molar-refractivity contribution in [1.82, 2.24) is 14.8 Å². The third kappa shape index (κ3) is 2.50. The fraction of sp³-hybridized carbons (Fsp3) is 0.111. The third-order valence-electron chi connectivity index (χ3n) is 2.28. The van der Waals surface area contributed by atoms with Gasteiger partial charge in [-0.2, -0.15) is 18.2 Å². The largest absolute Gasteiger partial charge is 0.501 e. The number of halogens is 4. The molecule has 1 heterocycles. The predicted octanol–water partition coefficient (Wildman–Crippen LogP) is 1.91. The normalized spacial score (nSPS) is 12.6. The van der Waals surface area contributed by atoms with Crippen molar-refractivity contribution >= 4 is 31.7 Å². The predicted molar refractivity (Wildman–Crippen MR) is 66.7 cm³/mol. The monoisotopic (exact) mass is 370 g/mol. The summed E-state index contributed by atoms with van der Waals surface area (Å²) in [4.78, 5) is 2.90. The summed E-state index contributed by atoms with van der Waals surface area (Å²) in [6.45, 7) is 0. The lowest BCUT2D eigenvalue weighted by Gasteiger charge is -2.08. The van der Waals surface area contributed by atoms with Crippen LogP contribution in [0.2, 0.25) is 0 Å². The molecule has 1 aromatic carbocycles. The van der Waals surface area contributed by atoms with E-state index in [0.717, 1.165) is 24.3 Å². The zero-order valence-corrected chi connectivity index (χ0v) is 11.9. The first-order valence-corrected chi connectivity index (χ1v) is 7.20. The lowest BCUT2D eigenvalue weighted by molar-refractivity contribution is -0.0436. The van der Waals surface area contributed by atoms with Crippen molar-refractivity contribution in [2.45, 2.75) is 10.4 Å². The molecule has 0 amide bonds. The molecule has 0 fully saturated rings. The van der Waals surface area contributed by atoms with Crippen LogP contribution in [0.25, 0.3) is 5.69 Å². The Kier molecular flexibility index (Phi) is 3.50. The smallest absolute Gasteiger partial charge is 0.366 e. The topological polar surface area (TPSA) is 90.9 Å². The molecular weight excluding hydrogens is 365 g/mol. The van der Waals surface area contributed by atoms with Crippen molar-refractivity contribution in [1.29, 1.82) is 0 Å². The molecule has 0 spiro atoms. The van der Waals surface area contributed by atoms with Crippen molar-refractivity contribution in [2.75, 3.05) is 5.73 Å². The molecule has 0 saturated carbocycles. The Morgan fingerprint density at radius 1 is 1.20 bits per heavy atom. The highest BCUT2D eigenvalue weighted by Gasteiger charge is 2.46. The quantitative estimate of drug-likeness (QED) is 0.871. The maximum Gasteiger partial charge on any atom is 0.501 e. The summed E-state index contributed by atoms with van der Waals surface area (Å²) in [6.07, 6.45) is 0. The van der Waals surface area contributed by atoms with Crippen LogP contribution in [-0.2, 0) is 9.84 Å². The zero-order chi connectivity index (χ0) is 15.1. The highest BCUT2D eigenvalue weighted by atomic mass is 79.9. The summed E-state index contributed by atoms with van der Waals surface area (Å²) in [5.74, 6) is -0.0381. The molecule has 2 rings (SSSR count). The fourth-order valence-corrected chi connectivity index (χ4v) is 2.60. The van der Waals surface area contributed by atoms with E-state index in [1.54, 1.807) is 0 Å². The fourth-order valence-electron chi connectivity index (χ4n) is 1.37. The second-order valence-electron chi connectivity index (χ2n) is 3.59. The number of nitrogen functional groups attached to an aromatic ring is 1. The number of alkyl halides is 3. The highest BCUT2D eigenvalue weighted by Crippen LogP contribution is 2.30. The molecule has 0 aliphatic heterocycles. The van der Waals surface area contributed by atoms with E-state index in [9.17, 15) is 21.6 Å². The van der Waals surface area contributed by atoms with Gasteiger partial charge in [0.25, 0.3) is 9.84 Å². The van der Waals surface area contributed by atoms with E-state index >= 15 is 0 Å². The van der Waals surface area contributed by atoms with Crippen LogP contribution in [0.3, 0.4) is 0 Å². The van der Waals surface area contributed by atoms with Crippen LogP contribution in [0.1, 0.15) is 0 Å². The standard InChI is InChI=1S/C9H6BrF3N4O2S/c10-7-15-8(14)16-17(7)5-1-3-6(4-2-5)20(18,19)9(11,12)13/h1-4H,(H2,14,16). The van der Waals surface area contributed by atoms with Crippen molar-refractivity contribution in [2.24, 2.45) is 0 Å². The molecule has 20 heavy (non-hydrogen) atoms. The molecule has 11 heteroatoms. The van der Waals surface area contributed by atoms with Gasteiger partial charge < -0.3 is 5.73 Å². The van der Waals surface area contributed by atoms with Gasteiger partial charge >= 0.3 is 5.51 Å². The second kappa shape index (κ2) is 4.74. The average Bonchev–Trinajstić information content (AvgIpc) is 2.67. The van der Waals surface area contributed by atoms with Crippen LogP contribution in [0.5, 0.6) is 0 Å². The molecule has 0 radical (unpaired) electrons. The molecule has 0 aliphatic rings. The first-order valence-electron chi connectivity index (χ1n) is 4.93. The van der Waals surface area contributed by atoms with E-state index in [1.807, 2.05) is 0 Å². The molecule has 0 saturated heterocycles. The Morgan fingerprint density at radius 3 is 2.15 bits per heavy atom. The van der Waals surface area contributed by atoms with E-state index in [1.165, 1.54) is 4.68 Å². The first kappa shape index (κ1) is 14.8. The van der Waals surface area contributed by atoms with Crippen molar-refractivity contribution in [3.8, 4) is 5.69 Å². The Balaban J connectivity index is 2.44. The number of hydrogen-bond donors (Lipinski definition) is 1. The van der Waals surface area contributed by atoms with Crippen LogP contribution < -0.4 is 5.73 Å². The van der Waals surface area contributed by atoms with E-state index in [0.29, 0.717) is 5.69 Å². The Morgan fingerprint density at radius 2 is 1.75 bits per heavy atom. The lowest BCUT2D eigenvalue weighted by Crippen LogP contribution is -2.23. The van der Waals surface area contributed by atoms with Crippen LogP contribution >= 0.6 is 15.9 Å². The summed E-state index contributed by atoms with van der Waals surface area (Å²) >= 11 is 3.05. The van der Waals surface area contributed by atoms with E-state index in [-0.39, 0.29) is 10.7 Å². The minimum Gasteiger partial charge on any atom is -0.366 e. The molecule has 1 aromatic heterocycles. The van der Waals surface area contributed by atoms with Crippen LogP contribution in [-0.4, -0.2) is 28.7 Å². The van der Waals surface area contributed by atoms with Gasteiger partial charge in [-0.05, 0) is 40.2 Å². The second-order valence-corrected chi connectivity index (χ2v) is 6.24. The zero-order valence-electron chi connectivity index (χ0n) is 9.46. The van der Waals surface area contributed by atoms with Crippen LogP contribution in [0, 0.1) is 0 Å². The van der Waals surface area contributed by atoms with Crippen molar-refractivity contribution in [3.05, 3.63) is 29.0 Å². The van der Waals surface area contributed by atoms with Gasteiger partial charge in [-0.15, -0.1) is 5.10 Å². The average molecular weight is 371 g/mol.